The first kappa shape index (κ1) is 20.1. The molecule has 2 heterocycles. The van der Waals surface area contributed by atoms with Crippen molar-refractivity contribution in [2.45, 2.75) is 6.04 Å². The maximum Gasteiger partial charge on any atom is 0.273 e. The van der Waals surface area contributed by atoms with Gasteiger partial charge in [-0.25, -0.2) is 0 Å². The molecule has 0 radical (unpaired) electrons. The van der Waals surface area contributed by atoms with Crippen molar-refractivity contribution in [3.8, 4) is 17.1 Å². The van der Waals surface area contributed by atoms with Gasteiger partial charge in [0.25, 0.3) is 5.91 Å². The molecule has 7 heteroatoms. The lowest BCUT2D eigenvalue weighted by Crippen LogP contribution is -2.44. The Labute approximate surface area is 175 Å². The summed E-state index contributed by atoms with van der Waals surface area (Å²) in [5, 5.41) is 6.96. The normalized spacial score (nSPS) is 15.5. The van der Waals surface area contributed by atoms with Gasteiger partial charge in [0.1, 0.15) is 5.75 Å². The molecule has 0 unspecified atom stereocenters. The zero-order valence-electron chi connectivity index (χ0n) is 16.9. The largest absolute Gasteiger partial charge is 0.496 e. The number of nitrogens with one attached hydrogen (secondary N) is 1. The zero-order chi connectivity index (χ0) is 20.8. The van der Waals surface area contributed by atoms with Crippen LogP contribution in [0.2, 0.25) is 0 Å². The van der Waals surface area contributed by atoms with Crippen LogP contribution < -0.4 is 10.1 Å². The highest BCUT2D eigenvalue weighted by atomic mass is 16.5. The number of rotatable bonds is 7. The fourth-order valence-corrected chi connectivity index (χ4v) is 3.67. The van der Waals surface area contributed by atoms with Crippen LogP contribution in [0.4, 0.5) is 0 Å². The number of morpholine rings is 1. The second kappa shape index (κ2) is 9.56. The first-order valence-electron chi connectivity index (χ1n) is 10.0. The maximum atomic E-state index is 12.8. The number of hydrogen-bond acceptors (Lipinski definition) is 6. The topological polar surface area (TPSA) is 76.8 Å². The van der Waals surface area contributed by atoms with Gasteiger partial charge in [-0.05, 0) is 6.07 Å². The van der Waals surface area contributed by atoms with Gasteiger partial charge in [0.05, 0.1) is 26.4 Å². The quantitative estimate of drug-likeness (QED) is 0.648. The fraction of sp³-hybridized carbons (Fsp3) is 0.304. The molecule has 1 amide bonds. The molecule has 1 aliphatic heterocycles. The molecule has 0 bridgehead atoms. The molecule has 3 aromatic rings. The molecular weight excluding hydrogens is 382 g/mol. The van der Waals surface area contributed by atoms with E-state index in [-0.39, 0.29) is 17.6 Å². The van der Waals surface area contributed by atoms with Crippen molar-refractivity contribution in [1.82, 2.24) is 15.4 Å². The van der Waals surface area contributed by atoms with Crippen LogP contribution >= 0.6 is 0 Å². The van der Waals surface area contributed by atoms with Crippen molar-refractivity contribution in [1.29, 1.82) is 0 Å². The average Bonchev–Trinajstić information content (AvgIpc) is 3.31. The van der Waals surface area contributed by atoms with Gasteiger partial charge in [-0.1, -0.05) is 53.7 Å². The number of ether oxygens (including phenoxy) is 2. The lowest BCUT2D eigenvalue weighted by atomic mass is 10.0. The molecule has 1 aliphatic rings. The Morgan fingerprint density at radius 1 is 1.13 bits per heavy atom. The van der Waals surface area contributed by atoms with Crippen molar-refractivity contribution < 1.29 is 18.8 Å². The molecule has 1 fully saturated rings. The predicted octanol–water partition coefficient (Wildman–Crippen LogP) is 3.15. The summed E-state index contributed by atoms with van der Waals surface area (Å²) < 4.78 is 16.4. The van der Waals surface area contributed by atoms with E-state index in [9.17, 15) is 4.79 Å². The Balaban J connectivity index is 1.49. The molecule has 0 saturated carbocycles. The highest BCUT2D eigenvalue weighted by Gasteiger charge is 2.26. The molecule has 1 N–H and O–H groups in total. The summed E-state index contributed by atoms with van der Waals surface area (Å²) in [5.41, 5.74) is 2.17. The van der Waals surface area contributed by atoms with Crippen LogP contribution in [-0.4, -0.2) is 55.9 Å². The minimum atomic E-state index is -0.269. The van der Waals surface area contributed by atoms with Crippen LogP contribution in [0.5, 0.6) is 5.75 Å². The minimum absolute atomic E-state index is 0.0329. The summed E-state index contributed by atoms with van der Waals surface area (Å²) in [4.78, 5) is 15.1. The van der Waals surface area contributed by atoms with E-state index in [1.165, 1.54) is 0 Å². The second-order valence-electron chi connectivity index (χ2n) is 7.06. The predicted molar refractivity (Wildman–Crippen MR) is 112 cm³/mol. The first-order chi connectivity index (χ1) is 14.8. The summed E-state index contributed by atoms with van der Waals surface area (Å²) >= 11 is 0. The Morgan fingerprint density at radius 2 is 1.87 bits per heavy atom. The highest BCUT2D eigenvalue weighted by Crippen LogP contribution is 2.29. The van der Waals surface area contributed by atoms with Gasteiger partial charge in [0.2, 0.25) is 0 Å². The second-order valence-corrected chi connectivity index (χ2v) is 7.06. The van der Waals surface area contributed by atoms with Crippen molar-refractivity contribution in [3.63, 3.8) is 0 Å². The lowest BCUT2D eigenvalue weighted by molar-refractivity contribution is 0.0157. The Hall–Kier alpha value is -3.16. The van der Waals surface area contributed by atoms with E-state index in [0.29, 0.717) is 25.5 Å². The monoisotopic (exact) mass is 407 g/mol. The Kier molecular flexibility index (Phi) is 6.41. The summed E-state index contributed by atoms with van der Waals surface area (Å²) in [6, 6.07) is 19.1. The van der Waals surface area contributed by atoms with Gasteiger partial charge in [-0.15, -0.1) is 0 Å². The summed E-state index contributed by atoms with van der Waals surface area (Å²) in [6.45, 7) is 3.35. The number of carbonyl (C=O) groups is 1. The number of amides is 1. The number of para-hydroxylation sites is 1. The Bertz CT molecular complexity index is 967. The number of methoxy groups -OCH3 is 1. The molecule has 0 aliphatic carbocycles. The molecule has 1 saturated heterocycles. The van der Waals surface area contributed by atoms with E-state index in [0.717, 1.165) is 30.0 Å². The number of nitrogens with zero attached hydrogens (tertiary/aromatic N) is 2. The van der Waals surface area contributed by atoms with Crippen LogP contribution in [0.15, 0.2) is 65.2 Å². The number of carbonyl (C=O) groups excluding carboxylic acids is 1. The van der Waals surface area contributed by atoms with Crippen molar-refractivity contribution in [2.24, 2.45) is 0 Å². The number of aromatic nitrogens is 1. The van der Waals surface area contributed by atoms with E-state index < -0.39 is 0 Å². The average molecular weight is 407 g/mol. The van der Waals surface area contributed by atoms with Gasteiger partial charge in [-0.3, -0.25) is 9.69 Å². The molecular formula is C23H25N3O4. The number of hydrogen-bond donors (Lipinski definition) is 1. The van der Waals surface area contributed by atoms with E-state index in [1.807, 2.05) is 54.6 Å². The Morgan fingerprint density at radius 3 is 2.63 bits per heavy atom. The standard InChI is InChI=1S/C23H25N3O4/c1-28-21-10-6-5-9-18(21)20(26-11-13-29-14-12-26)16-24-23(27)19-15-22(30-25-19)17-7-3-2-4-8-17/h2-10,15,20H,11-14,16H2,1H3,(H,24,27)/t20-/m0/s1. The summed E-state index contributed by atoms with van der Waals surface area (Å²) in [7, 11) is 1.66. The molecule has 30 heavy (non-hydrogen) atoms. The third-order valence-electron chi connectivity index (χ3n) is 5.24. The van der Waals surface area contributed by atoms with E-state index in [4.69, 9.17) is 14.0 Å². The van der Waals surface area contributed by atoms with Gasteiger partial charge < -0.3 is 19.3 Å². The molecule has 7 nitrogen and oxygen atoms in total. The first-order valence-corrected chi connectivity index (χ1v) is 10.0. The van der Waals surface area contributed by atoms with Crippen molar-refractivity contribution >= 4 is 5.91 Å². The fourth-order valence-electron chi connectivity index (χ4n) is 3.67. The van der Waals surface area contributed by atoms with Crippen LogP contribution in [-0.2, 0) is 4.74 Å². The minimum Gasteiger partial charge on any atom is -0.496 e. The molecule has 1 aromatic heterocycles. The van der Waals surface area contributed by atoms with Gasteiger partial charge in [0.15, 0.2) is 11.5 Å². The van der Waals surface area contributed by atoms with E-state index in [1.54, 1.807) is 13.2 Å². The zero-order valence-corrected chi connectivity index (χ0v) is 16.9. The van der Waals surface area contributed by atoms with Crippen LogP contribution in [0.3, 0.4) is 0 Å². The van der Waals surface area contributed by atoms with Crippen LogP contribution in [0, 0.1) is 0 Å². The van der Waals surface area contributed by atoms with Gasteiger partial charge in [-0.2, -0.15) is 0 Å². The third kappa shape index (κ3) is 4.53. The third-order valence-corrected chi connectivity index (χ3v) is 5.24. The van der Waals surface area contributed by atoms with Crippen molar-refractivity contribution in [2.75, 3.05) is 40.0 Å². The highest BCUT2D eigenvalue weighted by molar-refractivity contribution is 5.93. The molecule has 2 aromatic carbocycles. The molecule has 156 valence electrons. The SMILES string of the molecule is COc1ccccc1[C@H](CNC(=O)c1cc(-c2ccccc2)on1)N1CCOCC1. The summed E-state index contributed by atoms with van der Waals surface area (Å²) in [5.74, 6) is 1.10. The molecule has 1 atom stereocenters. The van der Waals surface area contributed by atoms with Crippen LogP contribution in [0.25, 0.3) is 11.3 Å². The molecule has 0 spiro atoms. The van der Waals surface area contributed by atoms with E-state index >= 15 is 0 Å². The van der Waals surface area contributed by atoms with Crippen molar-refractivity contribution in [3.05, 3.63) is 71.9 Å². The maximum absolute atomic E-state index is 12.8. The van der Waals surface area contributed by atoms with Gasteiger partial charge in [0, 0.05) is 36.8 Å². The lowest BCUT2D eigenvalue weighted by Gasteiger charge is -2.35. The van der Waals surface area contributed by atoms with Crippen LogP contribution in [0.1, 0.15) is 22.1 Å². The summed E-state index contributed by atoms with van der Waals surface area (Å²) in [6.07, 6.45) is 0. The van der Waals surface area contributed by atoms with E-state index in [2.05, 4.69) is 15.4 Å². The van der Waals surface area contributed by atoms with Gasteiger partial charge >= 0.3 is 0 Å². The smallest absolute Gasteiger partial charge is 0.273 e. The molecule has 4 rings (SSSR count). The number of benzene rings is 2.